The number of hydrogen-bond donors (Lipinski definition) is 1. The van der Waals surface area contributed by atoms with Gasteiger partial charge in [0.05, 0.1) is 17.1 Å². The number of furan rings is 1. The van der Waals surface area contributed by atoms with Crippen molar-refractivity contribution >= 4 is 55.6 Å². The number of para-hydroxylation sites is 1. The van der Waals surface area contributed by atoms with E-state index in [2.05, 4.69) is 26.0 Å². The average molecular weight is 495 g/mol. The molecule has 1 N–H and O–H groups in total. The van der Waals surface area contributed by atoms with E-state index >= 15 is 0 Å². The first-order valence-electron chi connectivity index (χ1n) is 9.24. The Bertz CT molecular complexity index is 1560. The molecule has 0 atom stereocenters. The van der Waals surface area contributed by atoms with Crippen molar-refractivity contribution in [3.05, 3.63) is 92.1 Å². The van der Waals surface area contributed by atoms with Gasteiger partial charge >= 0.3 is 0 Å². The summed E-state index contributed by atoms with van der Waals surface area (Å²) < 4.78 is 7.87. The van der Waals surface area contributed by atoms with Crippen molar-refractivity contribution in [2.45, 2.75) is 0 Å². The Kier molecular flexibility index (Phi) is 4.84. The van der Waals surface area contributed by atoms with Crippen molar-refractivity contribution in [3.63, 3.8) is 0 Å². The summed E-state index contributed by atoms with van der Waals surface area (Å²) in [4.78, 5) is 17.9. The molecule has 0 radical (unpaired) electrons. The summed E-state index contributed by atoms with van der Waals surface area (Å²) in [7, 11) is 0. The summed E-state index contributed by atoms with van der Waals surface area (Å²) >= 11 is 9.46. The van der Waals surface area contributed by atoms with Gasteiger partial charge in [-0.25, -0.2) is 4.98 Å². The quantitative estimate of drug-likeness (QED) is 0.321. The van der Waals surface area contributed by atoms with Gasteiger partial charge in [-0.3, -0.25) is 4.79 Å². The van der Waals surface area contributed by atoms with Crippen molar-refractivity contribution in [1.29, 1.82) is 0 Å². The van der Waals surface area contributed by atoms with E-state index in [-0.39, 0.29) is 17.1 Å². The van der Waals surface area contributed by atoms with E-state index < -0.39 is 0 Å². The summed E-state index contributed by atoms with van der Waals surface area (Å²) in [6.45, 7) is 0. The van der Waals surface area contributed by atoms with E-state index in [0.717, 1.165) is 9.86 Å². The first kappa shape index (κ1) is 19.5. The van der Waals surface area contributed by atoms with Crippen LogP contribution in [0, 0.1) is 0 Å². The molecule has 2 heterocycles. The third kappa shape index (κ3) is 3.62. The largest absolute Gasteiger partial charge is 0.507 e. The minimum absolute atomic E-state index is 0.0358. The zero-order valence-corrected chi connectivity index (χ0v) is 18.1. The lowest BCUT2D eigenvalue weighted by molar-refractivity contribution is 0.474. The fourth-order valence-electron chi connectivity index (χ4n) is 3.26. The number of fused-ring (bicyclic) bond motifs is 2. The second-order valence-corrected chi connectivity index (χ2v) is 8.16. The number of rotatable bonds is 3. The number of halogens is 2. The fraction of sp³-hybridized carbons (Fsp3) is 0. The van der Waals surface area contributed by atoms with E-state index in [0.29, 0.717) is 32.8 Å². The van der Waals surface area contributed by atoms with Crippen molar-refractivity contribution in [2.75, 3.05) is 0 Å². The molecule has 0 aliphatic carbocycles. The van der Waals surface area contributed by atoms with Crippen LogP contribution in [0.3, 0.4) is 0 Å². The standard InChI is InChI=1S/C23H13BrClN3O3/c24-15-5-7-19(29)14(9-15)12-26-28-22(27-18-4-2-1-3-17(18)23(28)30)21-11-13-10-16(25)6-8-20(13)31-21/h1-12,29H. The molecule has 31 heavy (non-hydrogen) atoms. The van der Waals surface area contributed by atoms with Crippen LogP contribution in [-0.2, 0) is 0 Å². The van der Waals surface area contributed by atoms with Gasteiger partial charge in [0, 0.05) is 20.4 Å². The molecule has 0 amide bonds. The molecule has 0 aliphatic rings. The molecule has 152 valence electrons. The number of hydrogen-bond acceptors (Lipinski definition) is 5. The minimum Gasteiger partial charge on any atom is -0.507 e. The molecule has 3 aromatic carbocycles. The SMILES string of the molecule is O=c1c2ccccc2nc(-c2cc3cc(Cl)ccc3o2)n1N=Cc1cc(Br)ccc1O. The molecule has 6 nitrogen and oxygen atoms in total. The van der Waals surface area contributed by atoms with Gasteiger partial charge in [-0.1, -0.05) is 39.7 Å². The zero-order valence-electron chi connectivity index (χ0n) is 15.8. The van der Waals surface area contributed by atoms with Gasteiger partial charge in [0.25, 0.3) is 5.56 Å². The summed E-state index contributed by atoms with van der Waals surface area (Å²) in [6, 6.07) is 19.0. The average Bonchev–Trinajstić information content (AvgIpc) is 3.18. The third-order valence-corrected chi connectivity index (χ3v) is 5.48. The van der Waals surface area contributed by atoms with Crippen LogP contribution in [0.1, 0.15) is 5.56 Å². The summed E-state index contributed by atoms with van der Waals surface area (Å²) in [5, 5.41) is 16.2. The fourth-order valence-corrected chi connectivity index (χ4v) is 3.82. The number of benzene rings is 3. The maximum atomic E-state index is 13.2. The van der Waals surface area contributed by atoms with Crippen molar-refractivity contribution < 1.29 is 9.52 Å². The molecule has 0 fully saturated rings. The van der Waals surface area contributed by atoms with Crippen LogP contribution in [0.4, 0.5) is 0 Å². The smallest absolute Gasteiger partial charge is 0.282 e. The van der Waals surface area contributed by atoms with Gasteiger partial charge in [-0.15, -0.1) is 0 Å². The number of phenolic OH excluding ortho intramolecular Hbond substituents is 1. The summed E-state index contributed by atoms with van der Waals surface area (Å²) in [6.07, 6.45) is 1.40. The predicted octanol–water partition coefficient (Wildman–Crippen LogP) is 5.81. The molecule has 0 bridgehead atoms. The molecular weight excluding hydrogens is 482 g/mol. The first-order valence-corrected chi connectivity index (χ1v) is 10.4. The zero-order chi connectivity index (χ0) is 21.5. The van der Waals surface area contributed by atoms with Crippen LogP contribution in [0.15, 0.2) is 85.5 Å². The molecule has 0 aliphatic heterocycles. The number of aromatic hydroxyl groups is 1. The van der Waals surface area contributed by atoms with Gasteiger partial charge in [0.1, 0.15) is 11.3 Å². The van der Waals surface area contributed by atoms with Crippen LogP contribution in [-0.4, -0.2) is 21.0 Å². The maximum absolute atomic E-state index is 13.2. The Morgan fingerprint density at radius 1 is 1.10 bits per heavy atom. The third-order valence-electron chi connectivity index (χ3n) is 4.75. The second kappa shape index (κ2) is 7.68. The van der Waals surface area contributed by atoms with E-state index in [1.165, 1.54) is 17.0 Å². The highest BCUT2D eigenvalue weighted by Crippen LogP contribution is 2.29. The molecule has 0 unspecified atom stereocenters. The molecule has 2 aromatic heterocycles. The monoisotopic (exact) mass is 493 g/mol. The lowest BCUT2D eigenvalue weighted by atomic mass is 10.2. The van der Waals surface area contributed by atoms with E-state index in [4.69, 9.17) is 16.0 Å². The van der Waals surface area contributed by atoms with Crippen molar-refractivity contribution in [3.8, 4) is 17.3 Å². The van der Waals surface area contributed by atoms with Crippen LogP contribution in [0.2, 0.25) is 5.02 Å². The van der Waals surface area contributed by atoms with E-state index in [9.17, 15) is 9.90 Å². The van der Waals surface area contributed by atoms with Crippen molar-refractivity contribution in [2.24, 2.45) is 5.10 Å². The van der Waals surface area contributed by atoms with Crippen LogP contribution < -0.4 is 5.56 Å². The highest BCUT2D eigenvalue weighted by atomic mass is 79.9. The topological polar surface area (TPSA) is 80.6 Å². The Morgan fingerprint density at radius 3 is 2.81 bits per heavy atom. The van der Waals surface area contributed by atoms with E-state index in [1.807, 2.05) is 6.07 Å². The minimum atomic E-state index is -0.357. The normalized spacial score (nSPS) is 11.7. The highest BCUT2D eigenvalue weighted by molar-refractivity contribution is 9.10. The molecule has 5 rings (SSSR count). The van der Waals surface area contributed by atoms with Gasteiger partial charge in [-0.05, 0) is 54.6 Å². The Labute approximate surface area is 189 Å². The molecule has 0 spiro atoms. The molecule has 5 aromatic rings. The molecule has 0 saturated heterocycles. The van der Waals surface area contributed by atoms with E-state index in [1.54, 1.807) is 54.6 Å². The highest BCUT2D eigenvalue weighted by Gasteiger charge is 2.16. The molecular formula is C23H13BrClN3O3. The van der Waals surface area contributed by atoms with Gasteiger partial charge < -0.3 is 9.52 Å². The first-order chi connectivity index (χ1) is 15.0. The van der Waals surface area contributed by atoms with Crippen LogP contribution >= 0.6 is 27.5 Å². The lowest BCUT2D eigenvalue weighted by Gasteiger charge is -2.07. The Balaban J connectivity index is 1.75. The number of phenols is 1. The summed E-state index contributed by atoms with van der Waals surface area (Å²) in [5.74, 6) is 0.645. The number of nitrogens with zero attached hydrogens (tertiary/aromatic N) is 3. The molecule has 0 saturated carbocycles. The predicted molar refractivity (Wildman–Crippen MR) is 125 cm³/mol. The van der Waals surface area contributed by atoms with Gasteiger partial charge in [-0.2, -0.15) is 9.78 Å². The maximum Gasteiger partial charge on any atom is 0.282 e. The van der Waals surface area contributed by atoms with Crippen LogP contribution in [0.25, 0.3) is 33.5 Å². The Hall–Kier alpha value is -3.42. The van der Waals surface area contributed by atoms with Crippen molar-refractivity contribution in [1.82, 2.24) is 9.66 Å². The number of aromatic nitrogens is 2. The van der Waals surface area contributed by atoms with Crippen LogP contribution in [0.5, 0.6) is 5.75 Å². The second-order valence-electron chi connectivity index (χ2n) is 6.81. The van der Waals surface area contributed by atoms with Gasteiger partial charge in [0.15, 0.2) is 5.76 Å². The lowest BCUT2D eigenvalue weighted by Crippen LogP contribution is -2.20. The molecule has 8 heteroatoms. The Morgan fingerprint density at radius 2 is 1.94 bits per heavy atom. The van der Waals surface area contributed by atoms with Gasteiger partial charge in [0.2, 0.25) is 5.82 Å². The summed E-state index contributed by atoms with van der Waals surface area (Å²) in [5.41, 5.74) is 1.22.